The minimum atomic E-state index is -3.70. The Balaban J connectivity index is 1.67. The normalized spacial score (nSPS) is 17.6. The van der Waals surface area contributed by atoms with Crippen LogP contribution in [0.1, 0.15) is 24.1 Å². The first kappa shape index (κ1) is 22.2. The maximum absolute atomic E-state index is 13.9. The number of anilines is 3. The number of alkyl halides is 2. The second kappa shape index (κ2) is 9.25. The van der Waals surface area contributed by atoms with Gasteiger partial charge in [0.15, 0.2) is 11.5 Å². The minimum Gasteiger partial charge on any atom is -0.395 e. The number of fused-ring (bicyclic) bond motifs is 1. The van der Waals surface area contributed by atoms with E-state index in [1.807, 2.05) is 13.0 Å². The molecule has 4 rings (SSSR count). The molecule has 0 radical (unpaired) electrons. The van der Waals surface area contributed by atoms with Crippen LogP contribution < -0.4 is 20.1 Å². The molecule has 0 unspecified atom stereocenters. The van der Waals surface area contributed by atoms with Gasteiger partial charge in [0.2, 0.25) is 5.95 Å². The Morgan fingerprint density at radius 2 is 2.06 bits per heavy atom. The summed E-state index contributed by atoms with van der Waals surface area (Å²) < 4.78 is 42.7. The molecule has 1 aromatic carbocycles. The van der Waals surface area contributed by atoms with Crippen molar-refractivity contribution in [2.75, 3.05) is 51.0 Å². The number of benzene rings is 1. The van der Waals surface area contributed by atoms with Gasteiger partial charge in [-0.1, -0.05) is 6.08 Å². The summed E-state index contributed by atoms with van der Waals surface area (Å²) in [6.07, 6.45) is -0.0142. The van der Waals surface area contributed by atoms with Crippen molar-refractivity contribution in [1.82, 2.24) is 14.9 Å². The summed E-state index contributed by atoms with van der Waals surface area (Å²) in [6, 6.07) is 5.07. The third-order valence-electron chi connectivity index (χ3n) is 5.34. The number of aryl methyl sites for hydroxylation is 1. The number of halogens is 2. The summed E-state index contributed by atoms with van der Waals surface area (Å²) in [6.45, 7) is 4.92. The Morgan fingerprint density at radius 3 is 2.84 bits per heavy atom. The van der Waals surface area contributed by atoms with Crippen LogP contribution in [0.25, 0.3) is 5.57 Å². The van der Waals surface area contributed by atoms with Gasteiger partial charge < -0.3 is 24.8 Å². The molecule has 0 aliphatic carbocycles. The smallest absolute Gasteiger partial charge is 0.395 e. The average Bonchev–Trinajstić information content (AvgIpc) is 2.90. The quantitative estimate of drug-likeness (QED) is 0.659. The van der Waals surface area contributed by atoms with E-state index in [1.165, 1.54) is 6.07 Å². The van der Waals surface area contributed by atoms with Crippen molar-refractivity contribution >= 4 is 23.0 Å². The van der Waals surface area contributed by atoms with E-state index in [-0.39, 0.29) is 11.5 Å². The standard InChI is InChI=1S/C22H27F2N5O3/c1-14-11-19(25-2)28-21(26-14)27-16-12-17(20-18(13-16)31-22(23,24)32-20)15-5-4-7-29(8-6-15)9-10-30-3/h6,11-13H,4-5,7-10H2,1-3H3,(H2,25,26,27,28). The number of nitrogens with one attached hydrogen (secondary N) is 2. The minimum absolute atomic E-state index is 0.0159. The van der Waals surface area contributed by atoms with Gasteiger partial charge >= 0.3 is 6.29 Å². The number of aromatic nitrogens is 2. The van der Waals surface area contributed by atoms with Crippen molar-refractivity contribution in [2.24, 2.45) is 0 Å². The summed E-state index contributed by atoms with van der Waals surface area (Å²) >= 11 is 0. The number of rotatable bonds is 7. The van der Waals surface area contributed by atoms with Gasteiger partial charge in [0.25, 0.3) is 0 Å². The Morgan fingerprint density at radius 1 is 1.22 bits per heavy atom. The molecule has 2 aromatic rings. The van der Waals surface area contributed by atoms with E-state index in [0.29, 0.717) is 36.2 Å². The lowest BCUT2D eigenvalue weighted by atomic mass is 9.99. The molecule has 10 heteroatoms. The molecule has 0 fully saturated rings. The summed E-state index contributed by atoms with van der Waals surface area (Å²) in [5, 5.41) is 6.09. The number of nitrogens with zero attached hydrogens (tertiary/aromatic N) is 3. The second-order valence-corrected chi connectivity index (χ2v) is 7.74. The van der Waals surface area contributed by atoms with Crippen LogP contribution in [-0.2, 0) is 4.74 Å². The van der Waals surface area contributed by atoms with E-state index in [9.17, 15) is 8.78 Å². The van der Waals surface area contributed by atoms with Crippen molar-refractivity contribution in [1.29, 1.82) is 0 Å². The molecule has 2 N–H and O–H groups in total. The number of ether oxygens (including phenoxy) is 3. The topological polar surface area (TPSA) is 80.8 Å². The summed E-state index contributed by atoms with van der Waals surface area (Å²) in [5.41, 5.74) is 2.82. The van der Waals surface area contributed by atoms with Crippen LogP contribution in [0.2, 0.25) is 0 Å². The molecule has 172 valence electrons. The average molecular weight is 447 g/mol. The molecule has 0 amide bonds. The van der Waals surface area contributed by atoms with Crippen LogP contribution >= 0.6 is 0 Å². The van der Waals surface area contributed by atoms with Crippen LogP contribution in [0.15, 0.2) is 24.3 Å². The molecule has 0 saturated carbocycles. The fourth-order valence-corrected chi connectivity index (χ4v) is 3.84. The van der Waals surface area contributed by atoms with Gasteiger partial charge in [-0.2, -0.15) is 4.98 Å². The zero-order valence-corrected chi connectivity index (χ0v) is 18.4. The largest absolute Gasteiger partial charge is 0.586 e. The lowest BCUT2D eigenvalue weighted by molar-refractivity contribution is -0.286. The maximum atomic E-state index is 13.9. The van der Waals surface area contributed by atoms with E-state index in [1.54, 1.807) is 20.2 Å². The Bertz CT molecular complexity index is 1020. The van der Waals surface area contributed by atoms with Gasteiger partial charge in [-0.3, -0.25) is 4.90 Å². The Labute approximate surface area is 185 Å². The molecular weight excluding hydrogens is 420 g/mol. The van der Waals surface area contributed by atoms with Gasteiger partial charge in [0.1, 0.15) is 5.82 Å². The molecule has 0 spiro atoms. The fraction of sp³-hybridized carbons (Fsp3) is 0.455. The highest BCUT2D eigenvalue weighted by molar-refractivity contribution is 5.78. The molecule has 3 heterocycles. The fourth-order valence-electron chi connectivity index (χ4n) is 3.84. The molecule has 0 atom stereocenters. The second-order valence-electron chi connectivity index (χ2n) is 7.74. The van der Waals surface area contributed by atoms with Gasteiger partial charge in [-0.15, -0.1) is 8.78 Å². The maximum Gasteiger partial charge on any atom is 0.586 e. The van der Waals surface area contributed by atoms with E-state index in [4.69, 9.17) is 14.2 Å². The van der Waals surface area contributed by atoms with Crippen LogP contribution in [0.5, 0.6) is 11.5 Å². The predicted molar refractivity (Wildman–Crippen MR) is 118 cm³/mol. The first-order chi connectivity index (χ1) is 15.4. The van der Waals surface area contributed by atoms with E-state index >= 15 is 0 Å². The summed E-state index contributed by atoms with van der Waals surface area (Å²) in [5.74, 6) is 1.04. The third kappa shape index (κ3) is 5.08. The molecule has 8 nitrogen and oxygen atoms in total. The van der Waals surface area contributed by atoms with Gasteiger partial charge in [0.05, 0.1) is 6.61 Å². The van der Waals surface area contributed by atoms with Crippen molar-refractivity contribution in [2.45, 2.75) is 26.1 Å². The van der Waals surface area contributed by atoms with Gasteiger partial charge in [0, 0.05) is 56.3 Å². The van der Waals surface area contributed by atoms with Crippen LogP contribution in [0.3, 0.4) is 0 Å². The van der Waals surface area contributed by atoms with Crippen LogP contribution in [0.4, 0.5) is 26.2 Å². The number of allylic oxidation sites excluding steroid dienone is 1. The molecular formula is C22H27F2N5O3. The van der Waals surface area contributed by atoms with Crippen molar-refractivity contribution < 1.29 is 23.0 Å². The Hall–Kier alpha value is -2.98. The predicted octanol–water partition coefficient (Wildman–Crippen LogP) is 4.02. The highest BCUT2D eigenvalue weighted by Crippen LogP contribution is 2.48. The first-order valence-electron chi connectivity index (χ1n) is 10.5. The number of methoxy groups -OCH3 is 1. The van der Waals surface area contributed by atoms with E-state index < -0.39 is 6.29 Å². The lowest BCUT2D eigenvalue weighted by Crippen LogP contribution is -2.27. The zero-order chi connectivity index (χ0) is 22.7. The van der Waals surface area contributed by atoms with Crippen molar-refractivity contribution in [3.63, 3.8) is 0 Å². The number of hydrogen-bond acceptors (Lipinski definition) is 8. The van der Waals surface area contributed by atoms with Gasteiger partial charge in [-0.25, -0.2) is 4.98 Å². The SMILES string of the molecule is CNc1cc(C)nc(Nc2cc3c(c(C4=CCN(CCOC)CCC4)c2)OC(F)(F)O3)n1. The monoisotopic (exact) mass is 447 g/mol. The Kier molecular flexibility index (Phi) is 6.43. The molecule has 0 bridgehead atoms. The lowest BCUT2D eigenvalue weighted by Gasteiger charge is -2.17. The van der Waals surface area contributed by atoms with Gasteiger partial charge in [-0.05, 0) is 37.9 Å². The summed E-state index contributed by atoms with van der Waals surface area (Å²) in [4.78, 5) is 11.0. The summed E-state index contributed by atoms with van der Waals surface area (Å²) in [7, 11) is 3.44. The molecule has 0 saturated heterocycles. The van der Waals surface area contributed by atoms with Crippen LogP contribution in [-0.4, -0.2) is 61.6 Å². The molecule has 1 aromatic heterocycles. The van der Waals surface area contributed by atoms with Crippen LogP contribution in [0, 0.1) is 6.92 Å². The van der Waals surface area contributed by atoms with Crippen molar-refractivity contribution in [3.05, 3.63) is 35.5 Å². The molecule has 2 aliphatic heterocycles. The zero-order valence-electron chi connectivity index (χ0n) is 18.4. The number of hydrogen-bond donors (Lipinski definition) is 2. The first-order valence-corrected chi connectivity index (χ1v) is 10.5. The highest BCUT2D eigenvalue weighted by atomic mass is 19.3. The van der Waals surface area contributed by atoms with E-state index in [2.05, 4.69) is 31.6 Å². The van der Waals surface area contributed by atoms with E-state index in [0.717, 1.165) is 37.2 Å². The van der Waals surface area contributed by atoms with Crippen molar-refractivity contribution in [3.8, 4) is 11.5 Å². The third-order valence-corrected chi connectivity index (χ3v) is 5.34. The molecule has 2 aliphatic rings. The highest BCUT2D eigenvalue weighted by Gasteiger charge is 2.45. The molecule has 32 heavy (non-hydrogen) atoms.